The smallest absolute Gasteiger partial charge is 0.277 e. The number of piperidine rings is 1. The molecule has 96 valence electrons. The van der Waals surface area contributed by atoms with E-state index < -0.39 is 10.2 Å². The Balaban J connectivity index is 1.75. The Morgan fingerprint density at radius 3 is 2.12 bits per heavy atom. The summed E-state index contributed by atoms with van der Waals surface area (Å²) >= 11 is 0. The van der Waals surface area contributed by atoms with Crippen molar-refractivity contribution in [1.82, 2.24) is 14.3 Å². The van der Waals surface area contributed by atoms with Crippen LogP contribution in [0.5, 0.6) is 0 Å². The minimum Gasteiger partial charge on any atom is -0.290 e. The van der Waals surface area contributed by atoms with Gasteiger partial charge in [-0.25, -0.2) is 0 Å². The van der Waals surface area contributed by atoms with E-state index in [-0.39, 0.29) is 12.1 Å². The normalized spacial score (nSPS) is 23.5. The molecule has 6 nitrogen and oxygen atoms in total. The van der Waals surface area contributed by atoms with Crippen LogP contribution in [0.3, 0.4) is 0 Å². The average molecular weight is 258 g/mol. The van der Waals surface area contributed by atoms with Crippen molar-refractivity contribution in [3.8, 4) is 6.07 Å². The minimum atomic E-state index is -3.33. The van der Waals surface area contributed by atoms with E-state index in [0.717, 1.165) is 38.8 Å². The molecule has 1 aliphatic carbocycles. The van der Waals surface area contributed by atoms with Gasteiger partial charge in [-0.2, -0.15) is 23.1 Å². The van der Waals surface area contributed by atoms with Crippen molar-refractivity contribution in [3.63, 3.8) is 0 Å². The van der Waals surface area contributed by atoms with E-state index in [1.54, 1.807) is 0 Å². The molecule has 0 aromatic rings. The first kappa shape index (κ1) is 12.8. The molecule has 0 bridgehead atoms. The topological polar surface area (TPSA) is 85.2 Å². The van der Waals surface area contributed by atoms with Gasteiger partial charge in [0.2, 0.25) is 0 Å². The molecular formula is C10H18N4O2S. The van der Waals surface area contributed by atoms with Crippen molar-refractivity contribution < 1.29 is 8.42 Å². The van der Waals surface area contributed by atoms with Crippen LogP contribution in [-0.2, 0) is 10.2 Å². The molecule has 2 rings (SSSR count). The molecular weight excluding hydrogens is 240 g/mol. The predicted molar refractivity (Wildman–Crippen MR) is 63.3 cm³/mol. The van der Waals surface area contributed by atoms with Crippen LogP contribution in [0, 0.1) is 11.3 Å². The third-order valence-corrected chi connectivity index (χ3v) is 4.39. The van der Waals surface area contributed by atoms with Crippen molar-refractivity contribution in [1.29, 1.82) is 5.26 Å². The van der Waals surface area contributed by atoms with Gasteiger partial charge in [-0.1, -0.05) is 0 Å². The molecule has 0 spiro atoms. The quantitative estimate of drug-likeness (QED) is 0.655. The summed E-state index contributed by atoms with van der Waals surface area (Å²) in [6, 6.07) is 2.26. The second-order valence-electron chi connectivity index (χ2n) is 4.72. The summed E-state index contributed by atoms with van der Waals surface area (Å²) in [5.41, 5.74) is 0. The highest BCUT2D eigenvalue weighted by molar-refractivity contribution is 7.87. The largest absolute Gasteiger partial charge is 0.290 e. The van der Waals surface area contributed by atoms with Gasteiger partial charge in [-0.05, 0) is 25.7 Å². The van der Waals surface area contributed by atoms with E-state index in [9.17, 15) is 8.42 Å². The van der Waals surface area contributed by atoms with E-state index in [1.807, 2.05) is 4.90 Å². The van der Waals surface area contributed by atoms with Gasteiger partial charge in [-0.3, -0.25) is 4.90 Å². The molecule has 0 aromatic carbocycles. The number of hydrogen-bond acceptors (Lipinski definition) is 4. The lowest BCUT2D eigenvalue weighted by Gasteiger charge is -2.30. The van der Waals surface area contributed by atoms with E-state index in [4.69, 9.17) is 5.26 Å². The summed E-state index contributed by atoms with van der Waals surface area (Å²) in [5.74, 6) is 0. The van der Waals surface area contributed by atoms with Crippen LogP contribution < -0.4 is 9.44 Å². The summed E-state index contributed by atoms with van der Waals surface area (Å²) in [6.07, 6.45) is 3.43. The zero-order chi connectivity index (χ0) is 12.3. The summed E-state index contributed by atoms with van der Waals surface area (Å²) in [5, 5.41) is 8.56. The molecule has 0 radical (unpaired) electrons. The van der Waals surface area contributed by atoms with Gasteiger partial charge in [0.15, 0.2) is 0 Å². The second kappa shape index (κ2) is 5.31. The Labute approximate surface area is 102 Å². The first-order valence-corrected chi connectivity index (χ1v) is 7.46. The SMILES string of the molecule is N#CCN1CCC(NS(=O)(=O)NC2CC2)CC1. The number of hydrogen-bond donors (Lipinski definition) is 2. The third kappa shape index (κ3) is 4.24. The second-order valence-corrected chi connectivity index (χ2v) is 6.20. The van der Waals surface area contributed by atoms with Gasteiger partial charge in [0.25, 0.3) is 10.2 Å². The zero-order valence-corrected chi connectivity index (χ0v) is 10.5. The maximum atomic E-state index is 11.7. The third-order valence-electron chi connectivity index (χ3n) is 3.10. The first-order valence-electron chi connectivity index (χ1n) is 5.98. The van der Waals surface area contributed by atoms with Crippen molar-refractivity contribution in [2.45, 2.75) is 37.8 Å². The van der Waals surface area contributed by atoms with Crippen LogP contribution in [0.2, 0.25) is 0 Å². The van der Waals surface area contributed by atoms with E-state index >= 15 is 0 Å². The number of rotatable bonds is 5. The molecule has 2 aliphatic rings. The highest BCUT2D eigenvalue weighted by Crippen LogP contribution is 2.19. The van der Waals surface area contributed by atoms with Crippen LogP contribution in [0.25, 0.3) is 0 Å². The summed E-state index contributed by atoms with van der Waals surface area (Å²) in [4.78, 5) is 2.04. The molecule has 0 atom stereocenters. The van der Waals surface area contributed by atoms with Gasteiger partial charge >= 0.3 is 0 Å². The lowest BCUT2D eigenvalue weighted by molar-refractivity contribution is 0.228. The Hall–Kier alpha value is -0.680. The van der Waals surface area contributed by atoms with Crippen molar-refractivity contribution >= 4 is 10.2 Å². The number of nitriles is 1. The van der Waals surface area contributed by atoms with E-state index in [1.165, 1.54) is 0 Å². The highest BCUT2D eigenvalue weighted by atomic mass is 32.2. The average Bonchev–Trinajstić information content (AvgIpc) is 3.04. The number of nitrogens with zero attached hydrogens (tertiary/aromatic N) is 2. The van der Waals surface area contributed by atoms with Crippen molar-refractivity contribution in [3.05, 3.63) is 0 Å². The molecule has 1 heterocycles. The zero-order valence-electron chi connectivity index (χ0n) is 9.72. The van der Waals surface area contributed by atoms with Crippen LogP contribution in [0.4, 0.5) is 0 Å². The van der Waals surface area contributed by atoms with Gasteiger partial charge < -0.3 is 0 Å². The van der Waals surface area contributed by atoms with Crippen molar-refractivity contribution in [2.75, 3.05) is 19.6 Å². The lowest BCUT2D eigenvalue weighted by Crippen LogP contribution is -2.48. The van der Waals surface area contributed by atoms with E-state index in [0.29, 0.717) is 6.54 Å². The molecule has 1 aliphatic heterocycles. The maximum Gasteiger partial charge on any atom is 0.277 e. The van der Waals surface area contributed by atoms with Gasteiger partial charge in [0, 0.05) is 25.2 Å². The van der Waals surface area contributed by atoms with Gasteiger partial charge in [-0.15, -0.1) is 0 Å². The summed E-state index contributed by atoms with van der Waals surface area (Å²) in [7, 11) is -3.33. The van der Waals surface area contributed by atoms with Crippen LogP contribution >= 0.6 is 0 Å². The Morgan fingerprint density at radius 2 is 1.65 bits per heavy atom. The number of likely N-dealkylation sites (tertiary alicyclic amines) is 1. The fourth-order valence-corrected chi connectivity index (χ4v) is 3.40. The van der Waals surface area contributed by atoms with Gasteiger partial charge in [0.05, 0.1) is 12.6 Å². The molecule has 7 heteroatoms. The predicted octanol–water partition coefficient (Wildman–Crippen LogP) is -0.439. The molecule has 17 heavy (non-hydrogen) atoms. The molecule has 1 saturated carbocycles. The van der Waals surface area contributed by atoms with Gasteiger partial charge in [0.1, 0.15) is 0 Å². The molecule has 0 aromatic heterocycles. The van der Waals surface area contributed by atoms with Crippen LogP contribution in [0.15, 0.2) is 0 Å². The molecule has 0 amide bonds. The highest BCUT2D eigenvalue weighted by Gasteiger charge is 2.29. The van der Waals surface area contributed by atoms with Crippen LogP contribution in [0.1, 0.15) is 25.7 Å². The fraction of sp³-hybridized carbons (Fsp3) is 0.900. The first-order chi connectivity index (χ1) is 8.09. The maximum absolute atomic E-state index is 11.7. The summed E-state index contributed by atoms with van der Waals surface area (Å²) in [6.45, 7) is 1.99. The Kier molecular flexibility index (Phi) is 3.99. The Morgan fingerprint density at radius 1 is 1.12 bits per heavy atom. The standard InChI is InChI=1S/C10H18N4O2S/c11-5-8-14-6-3-10(4-7-14)13-17(15,16)12-9-1-2-9/h9-10,12-13H,1-4,6-8H2. The monoisotopic (exact) mass is 258 g/mol. The van der Waals surface area contributed by atoms with Crippen molar-refractivity contribution in [2.24, 2.45) is 0 Å². The van der Waals surface area contributed by atoms with E-state index in [2.05, 4.69) is 15.5 Å². The molecule has 1 saturated heterocycles. The lowest BCUT2D eigenvalue weighted by atomic mass is 10.1. The Bertz CT molecular complexity index is 391. The van der Waals surface area contributed by atoms with Crippen LogP contribution in [-0.4, -0.2) is 45.0 Å². The summed E-state index contributed by atoms with van der Waals surface area (Å²) < 4.78 is 28.6. The molecule has 2 N–H and O–H groups in total. The molecule has 0 unspecified atom stereocenters. The molecule has 2 fully saturated rings. The number of nitrogens with one attached hydrogen (secondary N) is 2. The minimum absolute atomic E-state index is 0.00110. The fourth-order valence-electron chi connectivity index (χ4n) is 1.98.